The summed E-state index contributed by atoms with van der Waals surface area (Å²) in [5.74, 6) is 0.518. The zero-order valence-corrected chi connectivity index (χ0v) is 15.9. The Kier molecular flexibility index (Phi) is 5.98. The van der Waals surface area contributed by atoms with Crippen LogP contribution in [0.1, 0.15) is 28.2 Å². The molecule has 3 aromatic rings. The lowest BCUT2D eigenvalue weighted by atomic mass is 10.1. The number of nitrogens with one attached hydrogen (secondary N) is 1. The van der Waals surface area contributed by atoms with Crippen molar-refractivity contribution in [2.24, 2.45) is 0 Å². The van der Waals surface area contributed by atoms with Gasteiger partial charge >= 0.3 is 0 Å². The van der Waals surface area contributed by atoms with E-state index < -0.39 is 0 Å². The van der Waals surface area contributed by atoms with Crippen molar-refractivity contribution in [3.63, 3.8) is 0 Å². The van der Waals surface area contributed by atoms with Crippen molar-refractivity contribution >= 4 is 5.91 Å². The number of rotatable bonds is 7. The van der Waals surface area contributed by atoms with Gasteiger partial charge in [0.15, 0.2) is 5.82 Å². The fourth-order valence-corrected chi connectivity index (χ4v) is 2.76. The zero-order chi connectivity index (χ0) is 19.2. The van der Waals surface area contributed by atoms with E-state index in [-0.39, 0.29) is 11.7 Å². The van der Waals surface area contributed by atoms with Gasteiger partial charge < -0.3 is 10.1 Å². The highest BCUT2D eigenvalue weighted by Crippen LogP contribution is 2.23. The Bertz CT molecular complexity index is 916. The molecule has 0 aliphatic heterocycles. The first-order valence-corrected chi connectivity index (χ1v) is 8.97. The van der Waals surface area contributed by atoms with Crippen LogP contribution < -0.4 is 5.32 Å². The third kappa shape index (κ3) is 4.41. The summed E-state index contributed by atoms with van der Waals surface area (Å²) in [4.78, 5) is 17.0. The third-order valence-corrected chi connectivity index (χ3v) is 4.27. The summed E-state index contributed by atoms with van der Waals surface area (Å²) in [7, 11) is 1.64. The van der Waals surface area contributed by atoms with Crippen molar-refractivity contribution < 1.29 is 9.53 Å². The first-order chi connectivity index (χ1) is 13.1. The molecule has 0 bridgehead atoms. The highest BCUT2D eigenvalue weighted by molar-refractivity contribution is 5.91. The fraction of sp³-hybridized carbons (Fsp3) is 0.286. The molecule has 0 atom stereocenters. The number of benzene rings is 2. The van der Waals surface area contributed by atoms with Gasteiger partial charge in [-0.2, -0.15) is 0 Å². The highest BCUT2D eigenvalue weighted by atomic mass is 16.5. The van der Waals surface area contributed by atoms with Crippen LogP contribution in [0.2, 0.25) is 0 Å². The molecule has 0 aliphatic rings. The Labute approximate surface area is 159 Å². The number of ether oxygens (including phenoxy) is 1. The monoisotopic (exact) mass is 364 g/mol. The number of aryl methyl sites for hydroxylation is 2. The highest BCUT2D eigenvalue weighted by Gasteiger charge is 2.19. The molecule has 3 rings (SSSR count). The molecule has 0 fully saturated rings. The van der Waals surface area contributed by atoms with E-state index in [0.717, 1.165) is 28.8 Å². The molecule has 6 heteroatoms. The van der Waals surface area contributed by atoms with Gasteiger partial charge in [0.25, 0.3) is 5.91 Å². The van der Waals surface area contributed by atoms with E-state index in [2.05, 4.69) is 15.4 Å². The maximum Gasteiger partial charge on any atom is 0.290 e. The number of aromatic nitrogens is 3. The van der Waals surface area contributed by atoms with Crippen LogP contribution in [0.5, 0.6) is 0 Å². The number of carbonyl (C=O) groups excluding carboxylic acids is 1. The maximum absolute atomic E-state index is 12.5. The fourth-order valence-electron chi connectivity index (χ4n) is 2.76. The minimum Gasteiger partial charge on any atom is -0.385 e. The standard InChI is InChI=1S/C21H24N4O2/c1-15-9-11-17(12-10-15)20-23-19(21(26)22-13-6-14-27-3)24-25(20)18-8-5-4-7-16(18)2/h4-5,7-12H,6,13-14H2,1-3H3,(H,22,26). The number of amides is 1. The number of hydrogen-bond donors (Lipinski definition) is 1. The Morgan fingerprint density at radius 1 is 1.11 bits per heavy atom. The van der Waals surface area contributed by atoms with Crippen LogP contribution in [-0.4, -0.2) is 40.9 Å². The summed E-state index contributed by atoms with van der Waals surface area (Å²) in [5, 5.41) is 7.34. The van der Waals surface area contributed by atoms with Crippen molar-refractivity contribution in [3.8, 4) is 17.1 Å². The normalized spacial score (nSPS) is 10.8. The van der Waals surface area contributed by atoms with Gasteiger partial charge in [-0.05, 0) is 31.9 Å². The summed E-state index contributed by atoms with van der Waals surface area (Å²) in [6.07, 6.45) is 0.742. The van der Waals surface area contributed by atoms with Gasteiger partial charge in [0, 0.05) is 25.8 Å². The minimum absolute atomic E-state index is 0.159. The van der Waals surface area contributed by atoms with Crippen LogP contribution in [0.25, 0.3) is 17.1 Å². The van der Waals surface area contributed by atoms with E-state index in [0.29, 0.717) is 19.0 Å². The molecule has 0 radical (unpaired) electrons. The summed E-state index contributed by atoms with van der Waals surface area (Å²) >= 11 is 0. The SMILES string of the molecule is COCCCNC(=O)c1nc(-c2ccc(C)cc2)n(-c2ccccc2C)n1. The Morgan fingerprint density at radius 2 is 1.85 bits per heavy atom. The lowest BCUT2D eigenvalue weighted by Crippen LogP contribution is -2.26. The topological polar surface area (TPSA) is 69.0 Å². The van der Waals surface area contributed by atoms with Crippen LogP contribution in [0.3, 0.4) is 0 Å². The second kappa shape index (κ2) is 8.60. The molecule has 0 spiro atoms. The summed E-state index contributed by atoms with van der Waals surface area (Å²) in [6.45, 7) is 5.17. The number of para-hydroxylation sites is 1. The van der Waals surface area contributed by atoms with Gasteiger partial charge in [0.1, 0.15) is 0 Å². The van der Waals surface area contributed by atoms with Crippen LogP contribution in [0.15, 0.2) is 48.5 Å². The summed E-state index contributed by atoms with van der Waals surface area (Å²) in [6, 6.07) is 16.0. The van der Waals surface area contributed by atoms with E-state index in [1.54, 1.807) is 11.8 Å². The number of hydrogen-bond acceptors (Lipinski definition) is 4. The van der Waals surface area contributed by atoms with Gasteiger partial charge in [-0.1, -0.05) is 48.0 Å². The predicted octanol–water partition coefficient (Wildman–Crippen LogP) is 3.32. The van der Waals surface area contributed by atoms with Crippen molar-refractivity contribution in [1.29, 1.82) is 0 Å². The molecule has 1 heterocycles. The maximum atomic E-state index is 12.5. The number of methoxy groups -OCH3 is 1. The van der Waals surface area contributed by atoms with Gasteiger partial charge in [0.2, 0.25) is 5.82 Å². The largest absolute Gasteiger partial charge is 0.385 e. The van der Waals surface area contributed by atoms with Gasteiger partial charge in [-0.25, -0.2) is 9.67 Å². The lowest BCUT2D eigenvalue weighted by Gasteiger charge is -2.08. The molecule has 27 heavy (non-hydrogen) atoms. The van der Waals surface area contributed by atoms with E-state index >= 15 is 0 Å². The zero-order valence-electron chi connectivity index (χ0n) is 15.9. The summed E-state index contributed by atoms with van der Waals surface area (Å²) < 4.78 is 6.74. The van der Waals surface area contributed by atoms with Crippen LogP contribution in [0.4, 0.5) is 0 Å². The van der Waals surface area contributed by atoms with Gasteiger partial charge in [-0.3, -0.25) is 4.79 Å². The molecule has 0 aliphatic carbocycles. The Hall–Kier alpha value is -2.99. The third-order valence-electron chi connectivity index (χ3n) is 4.27. The molecular formula is C21H24N4O2. The average molecular weight is 364 g/mol. The van der Waals surface area contributed by atoms with Gasteiger partial charge in [0.05, 0.1) is 5.69 Å². The molecule has 1 amide bonds. The van der Waals surface area contributed by atoms with Crippen molar-refractivity contribution in [3.05, 3.63) is 65.5 Å². The molecule has 0 saturated carbocycles. The predicted molar refractivity (Wildman–Crippen MR) is 105 cm³/mol. The molecule has 0 unspecified atom stereocenters. The second-order valence-electron chi connectivity index (χ2n) is 6.43. The number of nitrogens with zero attached hydrogens (tertiary/aromatic N) is 3. The first kappa shape index (κ1) is 18.8. The quantitative estimate of drug-likeness (QED) is 0.653. The minimum atomic E-state index is -0.285. The van der Waals surface area contributed by atoms with Crippen LogP contribution in [0, 0.1) is 13.8 Å². The molecule has 1 N–H and O–H groups in total. The first-order valence-electron chi connectivity index (χ1n) is 8.97. The van der Waals surface area contributed by atoms with Crippen molar-refractivity contribution in [2.75, 3.05) is 20.3 Å². The Morgan fingerprint density at radius 3 is 2.56 bits per heavy atom. The lowest BCUT2D eigenvalue weighted by molar-refractivity contribution is 0.0938. The average Bonchev–Trinajstić information content (AvgIpc) is 3.11. The molecule has 6 nitrogen and oxygen atoms in total. The van der Waals surface area contributed by atoms with Crippen LogP contribution >= 0.6 is 0 Å². The second-order valence-corrected chi connectivity index (χ2v) is 6.43. The van der Waals surface area contributed by atoms with Crippen molar-refractivity contribution in [1.82, 2.24) is 20.1 Å². The van der Waals surface area contributed by atoms with Crippen molar-refractivity contribution in [2.45, 2.75) is 20.3 Å². The van der Waals surface area contributed by atoms with E-state index in [1.165, 1.54) is 0 Å². The molecule has 1 aromatic heterocycles. The molecule has 140 valence electrons. The Balaban J connectivity index is 1.98. The molecular weight excluding hydrogens is 340 g/mol. The molecule has 2 aromatic carbocycles. The van der Waals surface area contributed by atoms with Gasteiger partial charge in [-0.15, -0.1) is 5.10 Å². The van der Waals surface area contributed by atoms with E-state index in [1.807, 2.05) is 62.4 Å². The number of carbonyl (C=O) groups is 1. The van der Waals surface area contributed by atoms with Crippen LogP contribution in [-0.2, 0) is 4.74 Å². The smallest absolute Gasteiger partial charge is 0.290 e. The van der Waals surface area contributed by atoms with E-state index in [4.69, 9.17) is 4.74 Å². The summed E-state index contributed by atoms with van der Waals surface area (Å²) in [5.41, 5.74) is 4.04. The van der Waals surface area contributed by atoms with E-state index in [9.17, 15) is 4.79 Å². The molecule has 0 saturated heterocycles.